The summed E-state index contributed by atoms with van der Waals surface area (Å²) in [7, 11) is 3.04. The van der Waals surface area contributed by atoms with E-state index in [1.165, 1.54) is 18.0 Å². The van der Waals surface area contributed by atoms with Crippen LogP contribution in [0.1, 0.15) is 44.6 Å². The van der Waals surface area contributed by atoms with Gasteiger partial charge in [0.1, 0.15) is 11.9 Å². The van der Waals surface area contributed by atoms with Crippen molar-refractivity contribution in [1.82, 2.24) is 9.13 Å². The van der Waals surface area contributed by atoms with Crippen molar-refractivity contribution in [2.45, 2.75) is 45.1 Å². The minimum absolute atomic E-state index is 0.0621. The van der Waals surface area contributed by atoms with Gasteiger partial charge in [-0.25, -0.2) is 4.79 Å². The molecule has 0 unspecified atom stereocenters. The third-order valence-electron chi connectivity index (χ3n) is 4.37. The van der Waals surface area contributed by atoms with Gasteiger partial charge in [0.15, 0.2) is 5.56 Å². The van der Waals surface area contributed by atoms with Gasteiger partial charge in [-0.2, -0.15) is 5.26 Å². The minimum Gasteiger partial charge on any atom is -0.354 e. The largest absolute Gasteiger partial charge is 0.354 e. The fraction of sp³-hybridized carbons (Fsp3) is 0.667. The molecule has 0 aliphatic heterocycles. The zero-order valence-electron chi connectivity index (χ0n) is 12.9. The monoisotopic (exact) mass is 290 g/mol. The Morgan fingerprint density at radius 1 is 1.19 bits per heavy atom. The average molecular weight is 290 g/mol. The van der Waals surface area contributed by atoms with Crippen LogP contribution in [0.5, 0.6) is 0 Å². The Hall–Kier alpha value is -2.03. The SMILES string of the molecule is CCN(c1c(C#N)c(=O)n(C)c(=O)n1C)C1CCCCC1. The summed E-state index contributed by atoms with van der Waals surface area (Å²) in [6, 6.07) is 2.29. The molecular formula is C15H22N4O2. The van der Waals surface area contributed by atoms with E-state index < -0.39 is 5.56 Å². The Morgan fingerprint density at radius 2 is 1.81 bits per heavy atom. The third-order valence-corrected chi connectivity index (χ3v) is 4.37. The predicted octanol–water partition coefficient (Wildman–Crippen LogP) is 1.11. The lowest BCUT2D eigenvalue weighted by Crippen LogP contribution is -2.46. The van der Waals surface area contributed by atoms with Crippen molar-refractivity contribution in [3.63, 3.8) is 0 Å². The first-order chi connectivity index (χ1) is 10.0. The van der Waals surface area contributed by atoms with Gasteiger partial charge in [-0.1, -0.05) is 19.3 Å². The zero-order valence-corrected chi connectivity index (χ0v) is 12.9. The molecule has 1 aliphatic carbocycles. The van der Waals surface area contributed by atoms with Crippen molar-refractivity contribution in [3.8, 4) is 6.07 Å². The van der Waals surface area contributed by atoms with E-state index in [4.69, 9.17) is 0 Å². The first-order valence-electron chi connectivity index (χ1n) is 7.49. The molecule has 6 nitrogen and oxygen atoms in total. The minimum atomic E-state index is -0.509. The van der Waals surface area contributed by atoms with Gasteiger partial charge in [0.2, 0.25) is 0 Å². The van der Waals surface area contributed by atoms with Crippen LogP contribution in [0.15, 0.2) is 9.59 Å². The van der Waals surface area contributed by atoms with Crippen LogP contribution in [0.3, 0.4) is 0 Å². The molecule has 6 heteroatoms. The van der Waals surface area contributed by atoms with E-state index in [1.807, 2.05) is 13.0 Å². The normalized spacial score (nSPS) is 15.7. The second-order valence-corrected chi connectivity index (χ2v) is 5.59. The maximum atomic E-state index is 12.2. The van der Waals surface area contributed by atoms with E-state index in [1.54, 1.807) is 7.05 Å². The molecule has 1 aromatic heterocycles. The summed E-state index contributed by atoms with van der Waals surface area (Å²) < 4.78 is 2.43. The van der Waals surface area contributed by atoms with Crippen LogP contribution in [-0.2, 0) is 14.1 Å². The summed E-state index contributed by atoms with van der Waals surface area (Å²) in [6.45, 7) is 2.68. The molecule has 0 N–H and O–H groups in total. The number of nitriles is 1. The van der Waals surface area contributed by atoms with Crippen LogP contribution in [0.2, 0.25) is 0 Å². The molecule has 0 radical (unpaired) electrons. The van der Waals surface area contributed by atoms with Gasteiger partial charge in [0, 0.05) is 26.7 Å². The fourth-order valence-corrected chi connectivity index (χ4v) is 3.24. The number of nitrogens with zero attached hydrogens (tertiary/aromatic N) is 4. The van der Waals surface area contributed by atoms with Crippen LogP contribution in [0.4, 0.5) is 5.82 Å². The van der Waals surface area contributed by atoms with E-state index >= 15 is 0 Å². The molecule has 1 saturated carbocycles. The van der Waals surface area contributed by atoms with E-state index in [0.717, 1.165) is 30.3 Å². The first kappa shape index (κ1) is 15.4. The van der Waals surface area contributed by atoms with E-state index in [0.29, 0.717) is 18.4 Å². The molecule has 1 aliphatic rings. The predicted molar refractivity (Wildman–Crippen MR) is 81.5 cm³/mol. The average Bonchev–Trinajstić information content (AvgIpc) is 2.52. The number of aromatic nitrogens is 2. The Labute approximate surface area is 124 Å². The lowest BCUT2D eigenvalue weighted by molar-refractivity contribution is 0.412. The van der Waals surface area contributed by atoms with Gasteiger partial charge < -0.3 is 4.90 Å². The van der Waals surface area contributed by atoms with E-state index in [9.17, 15) is 14.9 Å². The molecule has 2 rings (SSSR count). The van der Waals surface area contributed by atoms with Gasteiger partial charge in [-0.05, 0) is 19.8 Å². The van der Waals surface area contributed by atoms with Crippen molar-refractivity contribution < 1.29 is 0 Å². The topological polar surface area (TPSA) is 71.0 Å². The second-order valence-electron chi connectivity index (χ2n) is 5.59. The van der Waals surface area contributed by atoms with Crippen molar-refractivity contribution in [2.24, 2.45) is 14.1 Å². The Kier molecular flexibility index (Phi) is 4.51. The third kappa shape index (κ3) is 2.60. The molecule has 0 aromatic carbocycles. The standard InChI is InChI=1S/C15H22N4O2/c1-4-19(11-8-6-5-7-9-11)13-12(10-16)14(20)18(3)15(21)17(13)2/h11H,4-9H2,1-3H3. The van der Waals surface area contributed by atoms with Gasteiger partial charge in [-0.3, -0.25) is 13.9 Å². The van der Waals surface area contributed by atoms with Crippen LogP contribution in [0.25, 0.3) is 0 Å². The zero-order chi connectivity index (χ0) is 15.6. The number of rotatable bonds is 3. The highest BCUT2D eigenvalue weighted by Gasteiger charge is 2.26. The van der Waals surface area contributed by atoms with Crippen LogP contribution in [-0.4, -0.2) is 21.7 Å². The summed E-state index contributed by atoms with van der Waals surface area (Å²) in [5.41, 5.74) is -0.833. The Bertz CT molecular complexity index is 675. The highest BCUT2D eigenvalue weighted by molar-refractivity contribution is 5.54. The molecule has 21 heavy (non-hydrogen) atoms. The number of hydrogen-bond donors (Lipinski definition) is 0. The van der Waals surface area contributed by atoms with Crippen molar-refractivity contribution >= 4 is 5.82 Å². The van der Waals surface area contributed by atoms with E-state index in [2.05, 4.69) is 4.90 Å². The summed E-state index contributed by atoms with van der Waals surface area (Å²) in [4.78, 5) is 26.4. The molecule has 0 atom stereocenters. The van der Waals surface area contributed by atoms with E-state index in [-0.39, 0.29) is 11.3 Å². The van der Waals surface area contributed by atoms with Gasteiger partial charge in [-0.15, -0.1) is 0 Å². The maximum absolute atomic E-state index is 12.2. The number of anilines is 1. The van der Waals surface area contributed by atoms with Gasteiger partial charge in [0.05, 0.1) is 0 Å². The second kappa shape index (κ2) is 6.17. The van der Waals surface area contributed by atoms with Gasteiger partial charge in [0.25, 0.3) is 5.56 Å². The van der Waals surface area contributed by atoms with Gasteiger partial charge >= 0.3 is 5.69 Å². The summed E-state index contributed by atoms with van der Waals surface area (Å²) in [5.74, 6) is 0.472. The van der Waals surface area contributed by atoms with Crippen LogP contribution < -0.4 is 16.1 Å². The molecule has 1 heterocycles. The molecule has 0 amide bonds. The van der Waals surface area contributed by atoms with Crippen LogP contribution in [0, 0.1) is 11.3 Å². The maximum Gasteiger partial charge on any atom is 0.332 e. The molecule has 114 valence electrons. The van der Waals surface area contributed by atoms with Crippen molar-refractivity contribution in [3.05, 3.63) is 26.4 Å². The summed E-state index contributed by atoms with van der Waals surface area (Å²) in [6.07, 6.45) is 5.63. The smallest absolute Gasteiger partial charge is 0.332 e. The fourth-order valence-electron chi connectivity index (χ4n) is 3.24. The highest BCUT2D eigenvalue weighted by Crippen LogP contribution is 2.27. The molecule has 0 spiro atoms. The molecular weight excluding hydrogens is 268 g/mol. The lowest BCUT2D eigenvalue weighted by atomic mass is 9.94. The lowest BCUT2D eigenvalue weighted by Gasteiger charge is -2.36. The highest BCUT2D eigenvalue weighted by atomic mass is 16.2. The number of hydrogen-bond acceptors (Lipinski definition) is 4. The molecule has 1 aromatic rings. The van der Waals surface area contributed by atoms with Crippen molar-refractivity contribution in [2.75, 3.05) is 11.4 Å². The Morgan fingerprint density at radius 3 is 2.33 bits per heavy atom. The summed E-state index contributed by atoms with van der Waals surface area (Å²) >= 11 is 0. The molecule has 0 bridgehead atoms. The Balaban J connectivity index is 2.63. The van der Waals surface area contributed by atoms with Crippen molar-refractivity contribution in [1.29, 1.82) is 5.26 Å². The van der Waals surface area contributed by atoms with Crippen LogP contribution >= 0.6 is 0 Å². The molecule has 1 fully saturated rings. The first-order valence-corrected chi connectivity index (χ1v) is 7.49. The quantitative estimate of drug-likeness (QED) is 0.836. The molecule has 0 saturated heterocycles. The summed E-state index contributed by atoms with van der Waals surface area (Å²) in [5, 5.41) is 9.38.